The third-order valence-corrected chi connectivity index (χ3v) is 4.04. The summed E-state index contributed by atoms with van der Waals surface area (Å²) in [6.07, 6.45) is -4.06. The van der Waals surface area contributed by atoms with E-state index in [1.165, 1.54) is 12.1 Å². The van der Waals surface area contributed by atoms with Crippen molar-refractivity contribution >= 4 is 17.4 Å². The summed E-state index contributed by atoms with van der Waals surface area (Å²) in [7, 11) is 0. The first-order chi connectivity index (χ1) is 11.3. The lowest BCUT2D eigenvalue weighted by molar-refractivity contribution is -0.137. The molecule has 1 fully saturated rings. The van der Waals surface area contributed by atoms with Crippen LogP contribution >= 0.6 is 11.6 Å². The van der Waals surface area contributed by atoms with Crippen LogP contribution in [0.3, 0.4) is 0 Å². The van der Waals surface area contributed by atoms with Gasteiger partial charge in [-0.05, 0) is 23.8 Å². The van der Waals surface area contributed by atoms with E-state index < -0.39 is 11.7 Å². The lowest BCUT2D eigenvalue weighted by atomic mass is 10.1. The van der Waals surface area contributed by atoms with E-state index in [4.69, 9.17) is 16.3 Å². The summed E-state index contributed by atoms with van der Waals surface area (Å²) in [6.45, 7) is 1.18. The standard InChI is InChI=1S/C16H13ClF4N2O/c17-13-7-11(16(19,20)21)8-22-15(13)23-5-6-24-14(9-23)10-1-3-12(18)4-2-10/h1-4,7-8,14H,5-6,9H2/t14-/m1/s1. The van der Waals surface area contributed by atoms with Gasteiger partial charge >= 0.3 is 6.18 Å². The van der Waals surface area contributed by atoms with Gasteiger partial charge in [0.15, 0.2) is 0 Å². The molecule has 0 amide bonds. The van der Waals surface area contributed by atoms with Gasteiger partial charge in [-0.3, -0.25) is 0 Å². The lowest BCUT2D eigenvalue weighted by Gasteiger charge is -2.34. The Morgan fingerprint density at radius 2 is 1.92 bits per heavy atom. The van der Waals surface area contributed by atoms with Crippen LogP contribution in [-0.4, -0.2) is 24.7 Å². The van der Waals surface area contributed by atoms with E-state index in [1.807, 2.05) is 0 Å². The average molecular weight is 361 g/mol. The van der Waals surface area contributed by atoms with Crippen LogP contribution in [0.2, 0.25) is 5.02 Å². The molecule has 0 aliphatic carbocycles. The minimum absolute atomic E-state index is 0.0652. The Balaban J connectivity index is 1.81. The van der Waals surface area contributed by atoms with E-state index in [-0.39, 0.29) is 22.8 Å². The van der Waals surface area contributed by atoms with Crippen molar-refractivity contribution < 1.29 is 22.3 Å². The van der Waals surface area contributed by atoms with Crippen LogP contribution in [0.4, 0.5) is 23.4 Å². The van der Waals surface area contributed by atoms with Crippen LogP contribution in [0.5, 0.6) is 0 Å². The highest BCUT2D eigenvalue weighted by Crippen LogP contribution is 2.35. The predicted octanol–water partition coefficient (Wildman–Crippen LogP) is 4.47. The van der Waals surface area contributed by atoms with Crippen LogP contribution in [0.25, 0.3) is 0 Å². The largest absolute Gasteiger partial charge is 0.417 e. The van der Waals surface area contributed by atoms with Gasteiger partial charge in [-0.25, -0.2) is 9.37 Å². The molecule has 3 rings (SSSR count). The molecule has 2 aromatic rings. The van der Waals surface area contributed by atoms with Gasteiger partial charge in [-0.1, -0.05) is 23.7 Å². The number of benzene rings is 1. The number of pyridine rings is 1. The highest BCUT2D eigenvalue weighted by atomic mass is 35.5. The summed E-state index contributed by atoms with van der Waals surface area (Å²) in [5, 5.41) is -0.0652. The molecule has 2 heterocycles. The van der Waals surface area contributed by atoms with Crippen molar-refractivity contribution in [3.8, 4) is 0 Å². The summed E-state index contributed by atoms with van der Waals surface area (Å²) in [5.74, 6) is -0.0704. The lowest BCUT2D eigenvalue weighted by Crippen LogP contribution is -2.39. The highest BCUT2D eigenvalue weighted by molar-refractivity contribution is 6.33. The minimum atomic E-state index is -4.49. The summed E-state index contributed by atoms with van der Waals surface area (Å²) < 4.78 is 56.8. The Morgan fingerprint density at radius 1 is 1.21 bits per heavy atom. The second-order valence-corrected chi connectivity index (χ2v) is 5.79. The molecule has 128 valence electrons. The zero-order valence-corrected chi connectivity index (χ0v) is 13.1. The molecule has 1 saturated heterocycles. The number of hydrogen-bond donors (Lipinski definition) is 0. The SMILES string of the molecule is Fc1ccc([C@H]2CN(c3ncc(C(F)(F)F)cc3Cl)CCO2)cc1. The molecule has 1 aliphatic heterocycles. The van der Waals surface area contributed by atoms with Crippen LogP contribution in [0.15, 0.2) is 36.5 Å². The Morgan fingerprint density at radius 3 is 2.54 bits per heavy atom. The fourth-order valence-corrected chi connectivity index (χ4v) is 2.83. The zero-order chi connectivity index (χ0) is 17.3. The normalized spacial score (nSPS) is 18.7. The molecule has 0 radical (unpaired) electrons. The van der Waals surface area contributed by atoms with Crippen molar-refractivity contribution in [2.75, 3.05) is 24.6 Å². The van der Waals surface area contributed by atoms with Crippen LogP contribution in [0.1, 0.15) is 17.2 Å². The average Bonchev–Trinajstić information content (AvgIpc) is 2.55. The van der Waals surface area contributed by atoms with Crippen LogP contribution in [-0.2, 0) is 10.9 Å². The van der Waals surface area contributed by atoms with Crippen LogP contribution < -0.4 is 4.90 Å². The number of alkyl halides is 3. The predicted molar refractivity (Wildman–Crippen MR) is 81.6 cm³/mol. The molecular weight excluding hydrogens is 348 g/mol. The van der Waals surface area contributed by atoms with Gasteiger partial charge in [0.25, 0.3) is 0 Å². The van der Waals surface area contributed by atoms with Gasteiger partial charge in [-0.15, -0.1) is 0 Å². The third kappa shape index (κ3) is 3.62. The maximum atomic E-state index is 13.0. The number of nitrogens with zero attached hydrogens (tertiary/aromatic N) is 2. The Bertz CT molecular complexity index is 721. The van der Waals surface area contributed by atoms with E-state index in [1.54, 1.807) is 17.0 Å². The number of halogens is 5. The molecule has 1 aromatic carbocycles. The molecule has 1 aliphatic rings. The van der Waals surface area contributed by atoms with Crippen molar-refractivity contribution in [1.82, 2.24) is 4.98 Å². The van der Waals surface area contributed by atoms with Crippen molar-refractivity contribution in [3.05, 3.63) is 58.5 Å². The van der Waals surface area contributed by atoms with E-state index in [2.05, 4.69) is 4.98 Å². The molecule has 1 atom stereocenters. The van der Waals surface area contributed by atoms with Crippen LogP contribution in [0, 0.1) is 5.82 Å². The first-order valence-electron chi connectivity index (χ1n) is 7.19. The molecule has 0 N–H and O–H groups in total. The molecule has 24 heavy (non-hydrogen) atoms. The van der Waals surface area contributed by atoms with E-state index >= 15 is 0 Å². The molecule has 0 saturated carbocycles. The molecule has 0 unspecified atom stereocenters. The number of anilines is 1. The van der Waals surface area contributed by atoms with E-state index in [0.29, 0.717) is 19.7 Å². The quantitative estimate of drug-likeness (QED) is 0.739. The Labute approximate surface area is 140 Å². The van der Waals surface area contributed by atoms with Gasteiger partial charge in [0.05, 0.1) is 17.2 Å². The highest BCUT2D eigenvalue weighted by Gasteiger charge is 2.32. The van der Waals surface area contributed by atoms with E-state index in [0.717, 1.165) is 17.8 Å². The summed E-state index contributed by atoms with van der Waals surface area (Å²) in [4.78, 5) is 5.63. The molecule has 1 aromatic heterocycles. The van der Waals surface area contributed by atoms with Gasteiger partial charge in [0.2, 0.25) is 0 Å². The smallest absolute Gasteiger partial charge is 0.370 e. The maximum Gasteiger partial charge on any atom is 0.417 e. The fraction of sp³-hybridized carbons (Fsp3) is 0.312. The topological polar surface area (TPSA) is 25.4 Å². The summed E-state index contributed by atoms with van der Waals surface area (Å²) in [6, 6.07) is 6.77. The molecule has 0 bridgehead atoms. The molecule has 0 spiro atoms. The minimum Gasteiger partial charge on any atom is -0.370 e. The number of morpholine rings is 1. The molecular formula is C16H13ClF4N2O. The zero-order valence-electron chi connectivity index (χ0n) is 12.4. The Kier molecular flexibility index (Phi) is 4.64. The maximum absolute atomic E-state index is 13.0. The summed E-state index contributed by atoms with van der Waals surface area (Å²) in [5.41, 5.74) is -0.108. The second kappa shape index (κ2) is 6.57. The van der Waals surface area contributed by atoms with E-state index in [9.17, 15) is 17.6 Å². The first kappa shape index (κ1) is 17.0. The van der Waals surface area contributed by atoms with Crippen molar-refractivity contribution in [2.24, 2.45) is 0 Å². The number of aromatic nitrogens is 1. The van der Waals surface area contributed by atoms with Gasteiger partial charge in [0.1, 0.15) is 17.7 Å². The number of ether oxygens (including phenoxy) is 1. The monoisotopic (exact) mass is 360 g/mol. The second-order valence-electron chi connectivity index (χ2n) is 5.38. The van der Waals surface area contributed by atoms with Crippen molar-refractivity contribution in [3.63, 3.8) is 0 Å². The first-order valence-corrected chi connectivity index (χ1v) is 7.57. The Hall–Kier alpha value is -1.86. The third-order valence-electron chi connectivity index (χ3n) is 3.76. The van der Waals surface area contributed by atoms with Crippen molar-refractivity contribution in [1.29, 1.82) is 0 Å². The van der Waals surface area contributed by atoms with Gasteiger partial charge < -0.3 is 9.64 Å². The van der Waals surface area contributed by atoms with Gasteiger partial charge in [-0.2, -0.15) is 13.2 Å². The number of hydrogen-bond acceptors (Lipinski definition) is 3. The van der Waals surface area contributed by atoms with Gasteiger partial charge in [0, 0.05) is 19.3 Å². The number of rotatable bonds is 2. The summed E-state index contributed by atoms with van der Waals surface area (Å²) >= 11 is 5.99. The van der Waals surface area contributed by atoms with Crippen molar-refractivity contribution in [2.45, 2.75) is 12.3 Å². The molecule has 3 nitrogen and oxygen atoms in total. The molecule has 8 heteroatoms. The fourth-order valence-electron chi connectivity index (χ4n) is 2.54.